The number of amides is 1. The maximum Gasteiger partial charge on any atom is 0.222 e. The molecule has 1 atom stereocenters. The summed E-state index contributed by atoms with van der Waals surface area (Å²) >= 11 is 0. The highest BCUT2D eigenvalue weighted by molar-refractivity contribution is 5.85. The zero-order valence-corrected chi connectivity index (χ0v) is 14.4. The summed E-state index contributed by atoms with van der Waals surface area (Å²) in [6.45, 7) is 5.58. The lowest BCUT2D eigenvalue weighted by molar-refractivity contribution is -0.130. The Morgan fingerprint density at radius 3 is 2.74 bits per heavy atom. The van der Waals surface area contributed by atoms with Crippen LogP contribution in [0.4, 0.5) is 0 Å². The zero-order valence-electron chi connectivity index (χ0n) is 13.5. The number of nitrogens with two attached hydrogens (primary N) is 1. The average Bonchev–Trinajstić information content (AvgIpc) is 2.95. The zero-order chi connectivity index (χ0) is 15.6. The minimum absolute atomic E-state index is 0. The number of nitrogens with zero attached hydrogens (tertiary/aromatic N) is 1. The first-order chi connectivity index (χ1) is 10.6. The lowest BCUT2D eigenvalue weighted by Gasteiger charge is -2.22. The van der Waals surface area contributed by atoms with Crippen molar-refractivity contribution in [1.82, 2.24) is 4.90 Å². The number of carbonyl (C=O) groups excluding carboxylic acids is 1. The Bertz CT molecular complexity index is 567. The molecule has 0 aromatic heterocycles. The number of hydrogen-bond donors (Lipinski definition) is 1. The summed E-state index contributed by atoms with van der Waals surface area (Å²) in [7, 11) is 0. The molecule has 23 heavy (non-hydrogen) atoms. The number of halogens is 1. The molecule has 1 aromatic rings. The third-order valence-electron chi connectivity index (χ3n) is 4.64. The maximum absolute atomic E-state index is 12.3. The van der Waals surface area contributed by atoms with E-state index in [-0.39, 0.29) is 23.7 Å². The van der Waals surface area contributed by atoms with Gasteiger partial charge in [0.2, 0.25) is 5.91 Å². The molecular formula is C17H25ClN2O3. The van der Waals surface area contributed by atoms with Crippen LogP contribution in [0.2, 0.25) is 0 Å². The maximum atomic E-state index is 12.3. The fourth-order valence-electron chi connectivity index (χ4n) is 3.06. The highest BCUT2D eigenvalue weighted by atomic mass is 35.5. The van der Waals surface area contributed by atoms with E-state index in [1.165, 1.54) is 0 Å². The third kappa shape index (κ3) is 4.09. The molecule has 1 saturated heterocycles. The van der Waals surface area contributed by atoms with Gasteiger partial charge in [0.1, 0.15) is 13.2 Å². The van der Waals surface area contributed by atoms with E-state index in [2.05, 4.69) is 6.92 Å². The van der Waals surface area contributed by atoms with Crippen LogP contribution in [-0.2, 0) is 11.2 Å². The minimum atomic E-state index is 0. The van der Waals surface area contributed by atoms with Crippen LogP contribution in [0.3, 0.4) is 0 Å². The Morgan fingerprint density at radius 1 is 1.30 bits per heavy atom. The number of carbonyl (C=O) groups is 1. The standard InChI is InChI=1S/C17H24N2O3.ClH/c1-17(11-18)6-7-19(12-17)16(20)5-3-13-2-4-14-15(10-13)22-9-8-21-14;/h2,4,10H,3,5-9,11-12,18H2,1H3;1H. The van der Waals surface area contributed by atoms with E-state index < -0.39 is 0 Å². The monoisotopic (exact) mass is 340 g/mol. The van der Waals surface area contributed by atoms with E-state index in [0.717, 1.165) is 43.0 Å². The van der Waals surface area contributed by atoms with Gasteiger partial charge < -0.3 is 20.1 Å². The van der Waals surface area contributed by atoms with Crippen LogP contribution < -0.4 is 15.2 Å². The first-order valence-electron chi connectivity index (χ1n) is 7.96. The van der Waals surface area contributed by atoms with Gasteiger partial charge in [-0.05, 0) is 42.5 Å². The van der Waals surface area contributed by atoms with Crippen molar-refractivity contribution in [2.45, 2.75) is 26.2 Å². The largest absolute Gasteiger partial charge is 0.486 e. The molecule has 0 spiro atoms. The van der Waals surface area contributed by atoms with Gasteiger partial charge in [-0.2, -0.15) is 0 Å². The Labute approximate surface area is 143 Å². The molecule has 0 aliphatic carbocycles. The Kier molecular flexibility index (Phi) is 5.76. The number of hydrogen-bond acceptors (Lipinski definition) is 4. The van der Waals surface area contributed by atoms with Crippen LogP contribution in [0, 0.1) is 5.41 Å². The Morgan fingerprint density at radius 2 is 2.04 bits per heavy atom. The highest BCUT2D eigenvalue weighted by Crippen LogP contribution is 2.32. The summed E-state index contributed by atoms with van der Waals surface area (Å²) in [5.41, 5.74) is 7.00. The lowest BCUT2D eigenvalue weighted by atomic mass is 9.90. The number of aryl methyl sites for hydroxylation is 1. The number of likely N-dealkylation sites (tertiary alicyclic amines) is 1. The smallest absolute Gasteiger partial charge is 0.222 e. The molecule has 128 valence electrons. The number of rotatable bonds is 4. The predicted molar refractivity (Wildman–Crippen MR) is 91.4 cm³/mol. The normalized spacial score (nSPS) is 22.6. The van der Waals surface area contributed by atoms with Crippen molar-refractivity contribution in [2.24, 2.45) is 11.1 Å². The molecule has 0 saturated carbocycles. The summed E-state index contributed by atoms with van der Waals surface area (Å²) in [5, 5.41) is 0. The topological polar surface area (TPSA) is 64.8 Å². The van der Waals surface area contributed by atoms with Crippen LogP contribution in [0.1, 0.15) is 25.3 Å². The van der Waals surface area contributed by atoms with Crippen molar-refractivity contribution in [3.05, 3.63) is 23.8 Å². The molecule has 2 aliphatic heterocycles. The second-order valence-corrected chi connectivity index (χ2v) is 6.56. The van der Waals surface area contributed by atoms with Gasteiger partial charge in [0.05, 0.1) is 0 Å². The van der Waals surface area contributed by atoms with Gasteiger partial charge in [0.25, 0.3) is 0 Å². The quantitative estimate of drug-likeness (QED) is 0.910. The first-order valence-corrected chi connectivity index (χ1v) is 7.96. The second kappa shape index (κ2) is 7.41. The van der Waals surface area contributed by atoms with Crippen LogP contribution in [0.15, 0.2) is 18.2 Å². The van der Waals surface area contributed by atoms with Crippen molar-refractivity contribution in [2.75, 3.05) is 32.8 Å². The summed E-state index contributed by atoms with van der Waals surface area (Å²) in [6, 6.07) is 5.92. The van der Waals surface area contributed by atoms with Crippen molar-refractivity contribution >= 4 is 18.3 Å². The van der Waals surface area contributed by atoms with Crippen molar-refractivity contribution in [3.63, 3.8) is 0 Å². The molecule has 2 heterocycles. The van der Waals surface area contributed by atoms with E-state index in [4.69, 9.17) is 15.2 Å². The van der Waals surface area contributed by atoms with Crippen molar-refractivity contribution in [1.29, 1.82) is 0 Å². The summed E-state index contributed by atoms with van der Waals surface area (Å²) in [5.74, 6) is 1.79. The molecule has 5 nitrogen and oxygen atoms in total. The highest BCUT2D eigenvalue weighted by Gasteiger charge is 2.34. The molecular weight excluding hydrogens is 316 g/mol. The molecule has 2 aliphatic rings. The van der Waals surface area contributed by atoms with E-state index in [1.54, 1.807) is 0 Å². The van der Waals surface area contributed by atoms with Gasteiger partial charge in [-0.15, -0.1) is 12.4 Å². The molecule has 3 rings (SSSR count). The summed E-state index contributed by atoms with van der Waals surface area (Å²) in [6.07, 6.45) is 2.25. The van der Waals surface area contributed by atoms with E-state index in [1.807, 2.05) is 23.1 Å². The van der Waals surface area contributed by atoms with Gasteiger partial charge in [-0.1, -0.05) is 13.0 Å². The Hall–Kier alpha value is -1.46. The number of fused-ring (bicyclic) bond motifs is 1. The molecule has 2 N–H and O–H groups in total. The van der Waals surface area contributed by atoms with Crippen LogP contribution >= 0.6 is 12.4 Å². The molecule has 1 fully saturated rings. The summed E-state index contributed by atoms with van der Waals surface area (Å²) < 4.78 is 11.1. The lowest BCUT2D eigenvalue weighted by Crippen LogP contribution is -2.34. The van der Waals surface area contributed by atoms with Gasteiger partial charge in [-0.3, -0.25) is 4.79 Å². The van der Waals surface area contributed by atoms with E-state index >= 15 is 0 Å². The molecule has 0 bridgehead atoms. The fraction of sp³-hybridized carbons (Fsp3) is 0.588. The molecule has 1 amide bonds. The van der Waals surface area contributed by atoms with Crippen LogP contribution in [0.25, 0.3) is 0 Å². The fourth-order valence-corrected chi connectivity index (χ4v) is 3.06. The van der Waals surface area contributed by atoms with Gasteiger partial charge in [0, 0.05) is 19.5 Å². The third-order valence-corrected chi connectivity index (χ3v) is 4.64. The minimum Gasteiger partial charge on any atom is -0.486 e. The van der Waals surface area contributed by atoms with E-state index in [9.17, 15) is 4.79 Å². The Balaban J connectivity index is 0.00000192. The van der Waals surface area contributed by atoms with Gasteiger partial charge in [-0.25, -0.2) is 0 Å². The first kappa shape index (κ1) is 17.9. The molecule has 1 unspecified atom stereocenters. The number of ether oxygens (including phenoxy) is 2. The van der Waals surface area contributed by atoms with Gasteiger partial charge in [0.15, 0.2) is 11.5 Å². The SMILES string of the molecule is CC1(CN)CCN(C(=O)CCc2ccc3c(c2)OCCO3)C1.Cl. The van der Waals surface area contributed by atoms with Crippen LogP contribution in [0.5, 0.6) is 11.5 Å². The van der Waals surface area contributed by atoms with Crippen molar-refractivity contribution < 1.29 is 14.3 Å². The van der Waals surface area contributed by atoms with Crippen LogP contribution in [-0.4, -0.2) is 43.7 Å². The summed E-state index contributed by atoms with van der Waals surface area (Å²) in [4.78, 5) is 14.3. The van der Waals surface area contributed by atoms with E-state index in [0.29, 0.717) is 26.2 Å². The second-order valence-electron chi connectivity index (χ2n) is 6.56. The molecule has 0 radical (unpaired) electrons. The van der Waals surface area contributed by atoms with Crippen molar-refractivity contribution in [3.8, 4) is 11.5 Å². The average molecular weight is 341 g/mol. The molecule has 1 aromatic carbocycles. The predicted octanol–water partition coefficient (Wildman–Crippen LogP) is 2.01. The van der Waals surface area contributed by atoms with Gasteiger partial charge >= 0.3 is 0 Å². The number of benzene rings is 1. The molecule has 6 heteroatoms.